The van der Waals surface area contributed by atoms with Gasteiger partial charge >= 0.3 is 0 Å². The summed E-state index contributed by atoms with van der Waals surface area (Å²) in [5, 5.41) is 12.9. The van der Waals surface area contributed by atoms with Crippen LogP contribution in [0, 0.1) is 0 Å². The van der Waals surface area contributed by atoms with Gasteiger partial charge in [0.25, 0.3) is 5.91 Å². The lowest BCUT2D eigenvalue weighted by molar-refractivity contribution is 0.0677. The first-order chi connectivity index (χ1) is 8.75. The summed E-state index contributed by atoms with van der Waals surface area (Å²) >= 11 is 0. The summed E-state index contributed by atoms with van der Waals surface area (Å²) in [5.74, 6) is -0.187. The van der Waals surface area contributed by atoms with E-state index < -0.39 is 6.10 Å². The number of aliphatic hydroxyl groups excluding tert-OH is 1. The number of amides is 1. The molecule has 1 aromatic rings. The number of epoxide rings is 2. The molecule has 2 N–H and O–H groups in total. The number of carbonyl (C=O) groups is 1. The van der Waals surface area contributed by atoms with E-state index in [2.05, 4.69) is 5.32 Å². The van der Waals surface area contributed by atoms with E-state index in [9.17, 15) is 9.90 Å². The first-order valence-electron chi connectivity index (χ1n) is 6.10. The Morgan fingerprint density at radius 2 is 1.72 bits per heavy atom. The van der Waals surface area contributed by atoms with Gasteiger partial charge in [0.15, 0.2) is 0 Å². The molecular weight excluding hydrogens is 234 g/mol. The molecule has 0 unspecified atom stereocenters. The lowest BCUT2D eigenvalue weighted by Crippen LogP contribution is -2.52. The fraction of sp³-hybridized carbons (Fsp3) is 0.462. The number of rotatable bonds is 2. The second-order valence-corrected chi connectivity index (χ2v) is 4.99. The van der Waals surface area contributed by atoms with Crippen molar-refractivity contribution in [3.05, 3.63) is 35.9 Å². The molecule has 2 saturated heterocycles. The predicted molar refractivity (Wildman–Crippen MR) is 61.0 cm³/mol. The predicted octanol–water partition coefficient (Wildman–Crippen LogP) is -0.306. The molecule has 4 rings (SSSR count). The molecule has 3 fully saturated rings. The van der Waals surface area contributed by atoms with Crippen LogP contribution in [0.3, 0.4) is 0 Å². The highest BCUT2D eigenvalue weighted by molar-refractivity contribution is 5.94. The Bertz CT molecular complexity index is 491. The molecular formula is C13H13NO4. The van der Waals surface area contributed by atoms with Gasteiger partial charge in [0.1, 0.15) is 30.5 Å². The summed E-state index contributed by atoms with van der Waals surface area (Å²) in [7, 11) is 0. The molecule has 6 atom stereocenters. The van der Waals surface area contributed by atoms with E-state index in [-0.39, 0.29) is 36.4 Å². The number of nitrogens with one attached hydrogen (secondary N) is 1. The number of carbonyl (C=O) groups excluding carboxylic acids is 1. The average Bonchev–Trinajstić information content (AvgIpc) is 3.26. The molecule has 18 heavy (non-hydrogen) atoms. The van der Waals surface area contributed by atoms with Crippen LogP contribution >= 0.6 is 0 Å². The van der Waals surface area contributed by atoms with Crippen LogP contribution in [0.5, 0.6) is 0 Å². The maximum absolute atomic E-state index is 12.0. The quantitative estimate of drug-likeness (QED) is 0.703. The molecule has 0 aromatic heterocycles. The van der Waals surface area contributed by atoms with Gasteiger partial charge in [-0.1, -0.05) is 18.2 Å². The largest absolute Gasteiger partial charge is 0.388 e. The van der Waals surface area contributed by atoms with E-state index in [1.807, 2.05) is 18.2 Å². The van der Waals surface area contributed by atoms with Crippen molar-refractivity contribution in [2.75, 3.05) is 0 Å². The minimum Gasteiger partial charge on any atom is -0.388 e. The Morgan fingerprint density at radius 1 is 1.06 bits per heavy atom. The summed E-state index contributed by atoms with van der Waals surface area (Å²) in [6.45, 7) is 0. The molecule has 1 amide bonds. The van der Waals surface area contributed by atoms with E-state index in [4.69, 9.17) is 9.47 Å². The van der Waals surface area contributed by atoms with Crippen molar-refractivity contribution in [3.8, 4) is 0 Å². The number of benzene rings is 1. The van der Waals surface area contributed by atoms with Crippen LogP contribution in [-0.2, 0) is 9.47 Å². The van der Waals surface area contributed by atoms with Gasteiger partial charge in [-0.3, -0.25) is 4.79 Å². The van der Waals surface area contributed by atoms with Crippen molar-refractivity contribution in [2.45, 2.75) is 36.6 Å². The van der Waals surface area contributed by atoms with Crippen molar-refractivity contribution in [1.82, 2.24) is 5.32 Å². The zero-order valence-corrected chi connectivity index (χ0v) is 9.52. The Hall–Kier alpha value is -1.43. The van der Waals surface area contributed by atoms with Crippen LogP contribution in [0.1, 0.15) is 10.4 Å². The van der Waals surface area contributed by atoms with Crippen molar-refractivity contribution in [3.63, 3.8) is 0 Å². The zero-order valence-electron chi connectivity index (χ0n) is 9.52. The smallest absolute Gasteiger partial charge is 0.251 e. The van der Waals surface area contributed by atoms with Crippen LogP contribution in [0.4, 0.5) is 0 Å². The maximum atomic E-state index is 12.0. The molecule has 1 saturated carbocycles. The monoisotopic (exact) mass is 247 g/mol. The summed E-state index contributed by atoms with van der Waals surface area (Å²) in [4.78, 5) is 12.0. The van der Waals surface area contributed by atoms with Crippen LogP contribution in [0.15, 0.2) is 30.3 Å². The highest BCUT2D eigenvalue weighted by Crippen LogP contribution is 2.48. The van der Waals surface area contributed by atoms with E-state index >= 15 is 0 Å². The minimum atomic E-state index is -0.675. The van der Waals surface area contributed by atoms with Gasteiger partial charge in [-0.05, 0) is 12.1 Å². The molecule has 2 heterocycles. The van der Waals surface area contributed by atoms with Gasteiger partial charge in [0.05, 0.1) is 6.04 Å². The Kier molecular flexibility index (Phi) is 2.06. The van der Waals surface area contributed by atoms with E-state index in [0.29, 0.717) is 5.56 Å². The number of hydrogen-bond donors (Lipinski definition) is 2. The van der Waals surface area contributed by atoms with Gasteiger partial charge in [0, 0.05) is 5.56 Å². The molecule has 3 aliphatic rings. The fourth-order valence-corrected chi connectivity index (χ4v) is 2.76. The van der Waals surface area contributed by atoms with Gasteiger partial charge < -0.3 is 19.9 Å². The van der Waals surface area contributed by atoms with E-state index in [1.54, 1.807) is 12.1 Å². The van der Waals surface area contributed by atoms with E-state index in [0.717, 1.165) is 0 Å². The Balaban J connectivity index is 1.50. The zero-order chi connectivity index (χ0) is 12.3. The Labute approximate surface area is 104 Å². The highest BCUT2D eigenvalue weighted by Gasteiger charge is 2.69. The first kappa shape index (κ1) is 10.5. The minimum absolute atomic E-state index is 0.0369. The first-order valence-corrected chi connectivity index (χ1v) is 6.10. The van der Waals surface area contributed by atoms with Gasteiger partial charge in [0.2, 0.25) is 0 Å². The Morgan fingerprint density at radius 3 is 2.50 bits per heavy atom. The highest BCUT2D eigenvalue weighted by atomic mass is 16.7. The van der Waals surface area contributed by atoms with Gasteiger partial charge in [-0.2, -0.15) is 0 Å². The molecule has 0 radical (unpaired) electrons. The van der Waals surface area contributed by atoms with Gasteiger partial charge in [-0.15, -0.1) is 0 Å². The molecule has 5 nitrogen and oxygen atoms in total. The normalized spacial score (nSPS) is 43.6. The molecule has 1 aromatic carbocycles. The van der Waals surface area contributed by atoms with Crippen molar-refractivity contribution in [1.29, 1.82) is 0 Å². The number of ether oxygens (including phenoxy) is 2. The summed E-state index contributed by atoms with van der Waals surface area (Å²) in [5.41, 5.74) is 0.584. The lowest BCUT2D eigenvalue weighted by Gasteiger charge is -2.23. The van der Waals surface area contributed by atoms with Crippen molar-refractivity contribution in [2.24, 2.45) is 0 Å². The number of aliphatic hydroxyl groups is 1. The average molecular weight is 247 g/mol. The van der Waals surface area contributed by atoms with Crippen molar-refractivity contribution >= 4 is 5.91 Å². The lowest BCUT2D eigenvalue weighted by atomic mass is 9.92. The molecule has 94 valence electrons. The number of fused-ring (bicyclic) bond motifs is 3. The summed E-state index contributed by atoms with van der Waals surface area (Å²) in [6, 6.07) is 8.59. The van der Waals surface area contributed by atoms with Crippen molar-refractivity contribution < 1.29 is 19.4 Å². The van der Waals surface area contributed by atoms with Crippen LogP contribution in [0.2, 0.25) is 0 Å². The summed E-state index contributed by atoms with van der Waals surface area (Å²) < 4.78 is 10.8. The molecule has 5 heteroatoms. The standard InChI is InChI=1S/C13H13NO4/c15-8-7(9-11(17-9)12-10(8)18-12)14-13(16)6-4-2-1-3-5-6/h1-5,7-12,15H,(H,14,16)/t7-,8-,9-,10+,11-,12+/m1/s1. The fourth-order valence-electron chi connectivity index (χ4n) is 2.76. The molecule has 0 spiro atoms. The second-order valence-electron chi connectivity index (χ2n) is 4.99. The van der Waals surface area contributed by atoms with Crippen LogP contribution < -0.4 is 5.32 Å². The number of hydrogen-bond acceptors (Lipinski definition) is 4. The second kappa shape index (κ2) is 3.54. The SMILES string of the molecule is O=C(N[C@@H]1[C@@H](O)[C@@H]2O[C@@H]2[C@@H]2O[C@H]12)c1ccccc1. The topological polar surface area (TPSA) is 74.4 Å². The third-order valence-corrected chi connectivity index (χ3v) is 3.84. The van der Waals surface area contributed by atoms with Crippen LogP contribution in [-0.4, -0.2) is 47.6 Å². The summed E-state index contributed by atoms with van der Waals surface area (Å²) in [6.07, 6.45) is -0.855. The van der Waals surface area contributed by atoms with Crippen LogP contribution in [0.25, 0.3) is 0 Å². The molecule has 2 aliphatic heterocycles. The maximum Gasteiger partial charge on any atom is 0.251 e. The van der Waals surface area contributed by atoms with E-state index in [1.165, 1.54) is 0 Å². The third-order valence-electron chi connectivity index (χ3n) is 3.84. The molecule has 1 aliphatic carbocycles. The molecule has 0 bridgehead atoms. The third kappa shape index (κ3) is 1.48. The van der Waals surface area contributed by atoms with Gasteiger partial charge in [-0.25, -0.2) is 0 Å².